The van der Waals surface area contributed by atoms with Gasteiger partial charge < -0.3 is 14.7 Å². The lowest BCUT2D eigenvalue weighted by molar-refractivity contribution is 0.0585. The Bertz CT molecular complexity index is 1050. The fourth-order valence-electron chi connectivity index (χ4n) is 2.99. The van der Waals surface area contributed by atoms with E-state index in [0.29, 0.717) is 12.1 Å². The normalized spacial score (nSPS) is 23.3. The summed E-state index contributed by atoms with van der Waals surface area (Å²) in [4.78, 5) is 22.6. The molecule has 3 rings (SSSR count). The summed E-state index contributed by atoms with van der Waals surface area (Å²) in [5, 5.41) is 0. The van der Waals surface area contributed by atoms with Gasteiger partial charge in [0.15, 0.2) is 19.5 Å². The van der Waals surface area contributed by atoms with E-state index in [1.807, 2.05) is 19.6 Å². The van der Waals surface area contributed by atoms with E-state index in [1.165, 1.54) is 6.33 Å². The number of hydrogen-bond donors (Lipinski definition) is 2. The smallest absolute Gasteiger partial charge is 0.280 e. The number of aromatic amines is 1. The predicted octanol–water partition coefficient (Wildman–Crippen LogP) is 0.769. The number of H-pyrrole nitrogens is 1. The number of imidazole rings is 1. The van der Waals surface area contributed by atoms with Gasteiger partial charge in [0.1, 0.15) is 5.60 Å². The van der Waals surface area contributed by atoms with Gasteiger partial charge >= 0.3 is 0 Å². The molecular weight excluding hydrogens is 390 g/mol. The van der Waals surface area contributed by atoms with E-state index >= 15 is 0 Å². The third-order valence-corrected chi connectivity index (χ3v) is 5.70. The SMILES string of the molecule is C[Si](C)(C)OC[C@@]1(OS(C)(=O)=O)C=C[C@H](n2cnc3c(=O)[nH]c(N)nc32)C1. The van der Waals surface area contributed by atoms with Crippen LogP contribution in [0.1, 0.15) is 12.5 Å². The van der Waals surface area contributed by atoms with Crippen LogP contribution in [0.25, 0.3) is 11.2 Å². The molecule has 0 spiro atoms. The van der Waals surface area contributed by atoms with Crippen molar-refractivity contribution in [3.8, 4) is 0 Å². The van der Waals surface area contributed by atoms with Gasteiger partial charge in [-0.05, 0) is 19.6 Å². The number of rotatable bonds is 6. The first-order chi connectivity index (χ1) is 12.4. The highest BCUT2D eigenvalue weighted by Crippen LogP contribution is 2.37. The van der Waals surface area contributed by atoms with Crippen molar-refractivity contribution in [3.05, 3.63) is 28.8 Å². The molecule has 27 heavy (non-hydrogen) atoms. The third kappa shape index (κ3) is 4.46. The Morgan fingerprint density at radius 3 is 2.78 bits per heavy atom. The summed E-state index contributed by atoms with van der Waals surface area (Å²) >= 11 is 0. The Labute approximate surface area is 157 Å². The molecule has 0 fully saturated rings. The fraction of sp³-hybridized carbons (Fsp3) is 0.533. The lowest BCUT2D eigenvalue weighted by Gasteiger charge is -2.30. The first-order valence-corrected chi connectivity index (χ1v) is 13.6. The van der Waals surface area contributed by atoms with Crippen molar-refractivity contribution in [2.24, 2.45) is 0 Å². The van der Waals surface area contributed by atoms with Crippen molar-refractivity contribution in [3.63, 3.8) is 0 Å². The van der Waals surface area contributed by atoms with E-state index in [2.05, 4.69) is 15.0 Å². The van der Waals surface area contributed by atoms with Gasteiger partial charge in [0.05, 0.1) is 25.2 Å². The Morgan fingerprint density at radius 2 is 2.15 bits per heavy atom. The van der Waals surface area contributed by atoms with Crippen molar-refractivity contribution in [1.29, 1.82) is 0 Å². The standard InChI is InChI=1S/C15H23N5O5SSi/c1-26(22,23)25-15(8-24-27(2,3)4)6-5-10(7-15)20-9-17-11-12(20)18-14(16)19-13(11)21/h5-6,9-10H,7-8H2,1-4H3,(H3,16,18,19,21)/t10-,15+/m0/s1. The van der Waals surface area contributed by atoms with Crippen molar-refractivity contribution in [2.75, 3.05) is 18.6 Å². The van der Waals surface area contributed by atoms with Crippen LogP contribution < -0.4 is 11.3 Å². The van der Waals surface area contributed by atoms with Gasteiger partial charge in [-0.2, -0.15) is 13.4 Å². The number of nitrogen functional groups attached to an aromatic ring is 1. The summed E-state index contributed by atoms with van der Waals surface area (Å²) in [5.41, 5.74) is 4.57. The highest BCUT2D eigenvalue weighted by molar-refractivity contribution is 7.86. The van der Waals surface area contributed by atoms with E-state index in [-0.39, 0.29) is 24.1 Å². The Balaban J connectivity index is 1.95. The molecule has 2 aromatic rings. The fourth-order valence-corrected chi connectivity index (χ4v) is 4.44. The van der Waals surface area contributed by atoms with Crippen molar-refractivity contribution >= 4 is 35.5 Å². The Morgan fingerprint density at radius 1 is 1.44 bits per heavy atom. The van der Waals surface area contributed by atoms with E-state index in [0.717, 1.165) is 6.26 Å². The van der Waals surface area contributed by atoms with E-state index in [4.69, 9.17) is 14.3 Å². The Hall–Kier alpha value is -2.02. The highest BCUT2D eigenvalue weighted by atomic mass is 32.2. The van der Waals surface area contributed by atoms with Gasteiger partial charge in [0.25, 0.3) is 15.7 Å². The van der Waals surface area contributed by atoms with Gasteiger partial charge in [-0.3, -0.25) is 14.0 Å². The molecule has 12 heteroatoms. The molecule has 148 valence electrons. The number of hydrogen-bond acceptors (Lipinski definition) is 8. The maximum absolute atomic E-state index is 12.0. The number of nitrogens with zero attached hydrogens (tertiary/aromatic N) is 3. The molecule has 3 N–H and O–H groups in total. The maximum atomic E-state index is 12.0. The molecule has 0 saturated carbocycles. The minimum Gasteiger partial charge on any atom is -0.414 e. The topological polar surface area (TPSA) is 142 Å². The molecule has 2 heterocycles. The van der Waals surface area contributed by atoms with Gasteiger partial charge in [0, 0.05) is 6.42 Å². The molecule has 2 atom stereocenters. The second-order valence-corrected chi connectivity index (χ2v) is 13.7. The summed E-state index contributed by atoms with van der Waals surface area (Å²) in [7, 11) is -5.61. The number of fused-ring (bicyclic) bond motifs is 1. The summed E-state index contributed by atoms with van der Waals surface area (Å²) in [6.45, 7) is 6.16. The number of nitrogens with one attached hydrogen (secondary N) is 1. The van der Waals surface area contributed by atoms with Crippen LogP contribution in [0.3, 0.4) is 0 Å². The van der Waals surface area contributed by atoms with Crippen LogP contribution in [0.4, 0.5) is 5.95 Å². The molecule has 0 aliphatic heterocycles. The van der Waals surface area contributed by atoms with Gasteiger partial charge in [-0.1, -0.05) is 12.2 Å². The summed E-state index contributed by atoms with van der Waals surface area (Å²) in [6, 6.07) is -0.310. The predicted molar refractivity (Wildman–Crippen MR) is 103 cm³/mol. The quantitative estimate of drug-likeness (QED) is 0.402. The zero-order chi connectivity index (χ0) is 20.0. The van der Waals surface area contributed by atoms with Crippen molar-refractivity contribution < 1.29 is 17.0 Å². The first-order valence-electron chi connectivity index (χ1n) is 8.34. The van der Waals surface area contributed by atoms with Crippen LogP contribution >= 0.6 is 0 Å². The lowest BCUT2D eigenvalue weighted by Crippen LogP contribution is -2.41. The van der Waals surface area contributed by atoms with Crippen LogP contribution in [0.15, 0.2) is 23.3 Å². The summed E-state index contributed by atoms with van der Waals surface area (Å²) < 4.78 is 36.7. The monoisotopic (exact) mass is 413 g/mol. The zero-order valence-electron chi connectivity index (χ0n) is 15.6. The third-order valence-electron chi connectivity index (χ3n) is 4.05. The number of nitrogens with two attached hydrogens (primary N) is 1. The van der Waals surface area contributed by atoms with Crippen molar-refractivity contribution in [2.45, 2.75) is 37.7 Å². The maximum Gasteiger partial charge on any atom is 0.280 e. The number of aromatic nitrogens is 4. The molecule has 2 aromatic heterocycles. The van der Waals surface area contributed by atoms with Crippen LogP contribution in [-0.2, 0) is 18.7 Å². The molecule has 0 radical (unpaired) electrons. The molecule has 0 amide bonds. The zero-order valence-corrected chi connectivity index (χ0v) is 17.4. The second kappa shape index (κ2) is 6.55. The minimum absolute atomic E-state index is 0.0167. The minimum atomic E-state index is -3.71. The largest absolute Gasteiger partial charge is 0.414 e. The van der Waals surface area contributed by atoms with Gasteiger partial charge in [-0.15, -0.1) is 0 Å². The van der Waals surface area contributed by atoms with Gasteiger partial charge in [-0.25, -0.2) is 4.98 Å². The van der Waals surface area contributed by atoms with Gasteiger partial charge in [0.2, 0.25) is 5.95 Å². The van der Waals surface area contributed by atoms with E-state index in [1.54, 1.807) is 16.7 Å². The molecule has 1 aliphatic rings. The molecule has 0 unspecified atom stereocenters. The van der Waals surface area contributed by atoms with Crippen LogP contribution in [0.2, 0.25) is 19.6 Å². The summed E-state index contributed by atoms with van der Waals surface area (Å²) in [6.07, 6.45) is 6.29. The number of anilines is 1. The summed E-state index contributed by atoms with van der Waals surface area (Å²) in [5.74, 6) is -0.0167. The van der Waals surface area contributed by atoms with Crippen LogP contribution in [0.5, 0.6) is 0 Å². The van der Waals surface area contributed by atoms with E-state index < -0.39 is 29.6 Å². The van der Waals surface area contributed by atoms with Crippen LogP contribution in [-0.4, -0.2) is 54.7 Å². The molecule has 0 bridgehead atoms. The average Bonchev–Trinajstić information content (AvgIpc) is 3.07. The molecule has 0 saturated heterocycles. The lowest BCUT2D eigenvalue weighted by atomic mass is 10.0. The molecule has 0 aromatic carbocycles. The molecular formula is C15H23N5O5SSi. The van der Waals surface area contributed by atoms with Crippen LogP contribution in [0, 0.1) is 0 Å². The van der Waals surface area contributed by atoms with Crippen molar-refractivity contribution in [1.82, 2.24) is 19.5 Å². The Kier molecular flexibility index (Phi) is 4.78. The first kappa shape index (κ1) is 19.7. The molecule has 10 nitrogen and oxygen atoms in total. The average molecular weight is 414 g/mol. The second-order valence-electron chi connectivity index (χ2n) is 7.66. The molecule has 1 aliphatic carbocycles. The van der Waals surface area contributed by atoms with E-state index in [9.17, 15) is 13.2 Å². The highest BCUT2D eigenvalue weighted by Gasteiger charge is 2.41. The number of allylic oxidation sites excluding steroid dienone is 1.